The van der Waals surface area contributed by atoms with Crippen molar-refractivity contribution in [2.75, 3.05) is 5.32 Å². The van der Waals surface area contributed by atoms with Gasteiger partial charge in [-0.15, -0.1) is 0 Å². The number of nitrogens with zero attached hydrogens (tertiary/aromatic N) is 2. The van der Waals surface area contributed by atoms with Gasteiger partial charge in [0.05, 0.1) is 12.7 Å². The molecule has 1 atom stereocenters. The Kier molecular flexibility index (Phi) is 5.36. The summed E-state index contributed by atoms with van der Waals surface area (Å²) < 4.78 is 1.74. The zero-order chi connectivity index (χ0) is 15.2. The van der Waals surface area contributed by atoms with Gasteiger partial charge in [-0.1, -0.05) is 23.7 Å². The van der Waals surface area contributed by atoms with Gasteiger partial charge in [0.15, 0.2) is 0 Å². The van der Waals surface area contributed by atoms with Gasteiger partial charge in [0.25, 0.3) is 0 Å². The van der Waals surface area contributed by atoms with E-state index in [2.05, 4.69) is 10.4 Å². The minimum atomic E-state index is -0.0508. The highest BCUT2D eigenvalue weighted by atomic mass is 35.5. The van der Waals surface area contributed by atoms with Gasteiger partial charge in [0.1, 0.15) is 5.82 Å². The van der Waals surface area contributed by atoms with Crippen LogP contribution in [-0.4, -0.2) is 21.7 Å². The Labute approximate surface area is 129 Å². The van der Waals surface area contributed by atoms with E-state index in [-0.39, 0.29) is 11.9 Å². The Hall–Kier alpha value is -1.85. The summed E-state index contributed by atoms with van der Waals surface area (Å²) >= 11 is 5.86. The maximum Gasteiger partial charge on any atom is 0.225 e. The normalized spacial score (nSPS) is 12.1. The second kappa shape index (κ2) is 7.24. The van der Waals surface area contributed by atoms with Crippen molar-refractivity contribution >= 4 is 23.3 Å². The van der Waals surface area contributed by atoms with Gasteiger partial charge in [-0.05, 0) is 31.0 Å². The minimum absolute atomic E-state index is 0.0229. The molecule has 0 radical (unpaired) electrons. The second-order valence-corrected chi connectivity index (χ2v) is 5.50. The predicted molar refractivity (Wildman–Crippen MR) is 84.3 cm³/mol. The Balaban J connectivity index is 1.98. The number of amides is 1. The fourth-order valence-electron chi connectivity index (χ4n) is 1.89. The minimum Gasteiger partial charge on any atom is -0.328 e. The van der Waals surface area contributed by atoms with Crippen molar-refractivity contribution in [1.82, 2.24) is 9.78 Å². The standard InChI is InChI=1S/C15H19ClN4O/c1-11(17)2-7-15(21)19-14-8-9-18-20(14)10-12-3-5-13(16)6-4-12/h3-6,8-9,11H,2,7,10,17H2,1H3,(H,19,21). The number of hydrogen-bond acceptors (Lipinski definition) is 3. The zero-order valence-corrected chi connectivity index (χ0v) is 12.7. The van der Waals surface area contributed by atoms with E-state index in [1.807, 2.05) is 31.2 Å². The fraction of sp³-hybridized carbons (Fsp3) is 0.333. The number of nitrogens with one attached hydrogen (secondary N) is 1. The molecule has 1 unspecified atom stereocenters. The molecule has 6 heteroatoms. The fourth-order valence-corrected chi connectivity index (χ4v) is 2.02. The van der Waals surface area contributed by atoms with Crippen LogP contribution in [0.2, 0.25) is 5.02 Å². The Morgan fingerprint density at radius 1 is 1.38 bits per heavy atom. The molecule has 2 rings (SSSR count). The summed E-state index contributed by atoms with van der Waals surface area (Å²) in [6, 6.07) is 9.34. The number of halogens is 1. The van der Waals surface area contributed by atoms with Gasteiger partial charge in [0, 0.05) is 23.6 Å². The van der Waals surface area contributed by atoms with Crippen molar-refractivity contribution in [2.45, 2.75) is 32.4 Å². The largest absolute Gasteiger partial charge is 0.328 e. The quantitative estimate of drug-likeness (QED) is 0.861. The number of carbonyl (C=O) groups excluding carboxylic acids is 1. The van der Waals surface area contributed by atoms with Gasteiger partial charge in [-0.25, -0.2) is 4.68 Å². The molecule has 0 aliphatic rings. The van der Waals surface area contributed by atoms with Crippen molar-refractivity contribution in [3.63, 3.8) is 0 Å². The van der Waals surface area contributed by atoms with E-state index in [0.717, 1.165) is 5.56 Å². The molecule has 1 aromatic carbocycles. The molecule has 3 N–H and O–H groups in total. The average molecular weight is 307 g/mol. The molecule has 0 saturated carbocycles. The third-order valence-electron chi connectivity index (χ3n) is 3.06. The van der Waals surface area contributed by atoms with E-state index < -0.39 is 0 Å². The molecule has 0 fully saturated rings. The summed E-state index contributed by atoms with van der Waals surface area (Å²) in [5, 5.41) is 7.78. The molecule has 0 aliphatic heterocycles. The van der Waals surface area contributed by atoms with Crippen LogP contribution in [0.4, 0.5) is 5.82 Å². The third kappa shape index (κ3) is 4.88. The first kappa shape index (κ1) is 15.5. The van der Waals surface area contributed by atoms with Crippen LogP contribution < -0.4 is 11.1 Å². The lowest BCUT2D eigenvalue weighted by Crippen LogP contribution is -2.20. The smallest absolute Gasteiger partial charge is 0.225 e. The predicted octanol–water partition coefficient (Wildman–Crippen LogP) is 2.65. The lowest BCUT2D eigenvalue weighted by molar-refractivity contribution is -0.116. The van der Waals surface area contributed by atoms with Crippen LogP contribution in [0.5, 0.6) is 0 Å². The number of nitrogens with two attached hydrogens (primary N) is 1. The van der Waals surface area contributed by atoms with Gasteiger partial charge in [-0.2, -0.15) is 5.10 Å². The highest BCUT2D eigenvalue weighted by molar-refractivity contribution is 6.30. The van der Waals surface area contributed by atoms with E-state index in [0.29, 0.717) is 30.2 Å². The molecule has 1 aromatic heterocycles. The first-order chi connectivity index (χ1) is 10.0. The first-order valence-corrected chi connectivity index (χ1v) is 7.24. The summed E-state index contributed by atoms with van der Waals surface area (Å²) in [6.45, 7) is 2.46. The molecule has 0 bridgehead atoms. The number of aromatic nitrogens is 2. The maximum absolute atomic E-state index is 11.8. The van der Waals surface area contributed by atoms with Gasteiger partial charge < -0.3 is 11.1 Å². The van der Waals surface area contributed by atoms with Crippen molar-refractivity contribution in [3.05, 3.63) is 47.1 Å². The molecule has 5 nitrogen and oxygen atoms in total. The van der Waals surface area contributed by atoms with Crippen LogP contribution in [0.1, 0.15) is 25.3 Å². The molecule has 112 valence electrons. The molecular weight excluding hydrogens is 288 g/mol. The average Bonchev–Trinajstić information content (AvgIpc) is 2.86. The van der Waals surface area contributed by atoms with Crippen LogP contribution in [0.15, 0.2) is 36.5 Å². The highest BCUT2D eigenvalue weighted by Crippen LogP contribution is 2.14. The van der Waals surface area contributed by atoms with Crippen LogP contribution >= 0.6 is 11.6 Å². The highest BCUT2D eigenvalue weighted by Gasteiger charge is 2.08. The zero-order valence-electron chi connectivity index (χ0n) is 11.9. The third-order valence-corrected chi connectivity index (χ3v) is 3.31. The van der Waals surface area contributed by atoms with Gasteiger partial charge >= 0.3 is 0 Å². The van der Waals surface area contributed by atoms with Crippen molar-refractivity contribution in [2.24, 2.45) is 5.73 Å². The summed E-state index contributed by atoms with van der Waals surface area (Å²) in [6.07, 6.45) is 2.73. The summed E-state index contributed by atoms with van der Waals surface area (Å²) in [5.41, 5.74) is 6.71. The number of benzene rings is 1. The number of rotatable bonds is 6. The van der Waals surface area contributed by atoms with Crippen LogP contribution in [0.25, 0.3) is 0 Å². The molecule has 21 heavy (non-hydrogen) atoms. The molecule has 1 heterocycles. The van der Waals surface area contributed by atoms with Gasteiger partial charge in [0.2, 0.25) is 5.91 Å². The number of hydrogen-bond donors (Lipinski definition) is 2. The van der Waals surface area contributed by atoms with E-state index in [1.165, 1.54) is 0 Å². The van der Waals surface area contributed by atoms with Crippen LogP contribution in [0, 0.1) is 0 Å². The lowest BCUT2D eigenvalue weighted by atomic mass is 10.2. The Morgan fingerprint density at radius 3 is 2.76 bits per heavy atom. The molecule has 2 aromatic rings. The SMILES string of the molecule is CC(N)CCC(=O)Nc1ccnn1Cc1ccc(Cl)cc1. The molecular formula is C15H19ClN4O. The van der Waals surface area contributed by atoms with Gasteiger partial charge in [-0.3, -0.25) is 4.79 Å². The number of anilines is 1. The topological polar surface area (TPSA) is 72.9 Å². The molecule has 0 spiro atoms. The van der Waals surface area contributed by atoms with Crippen molar-refractivity contribution < 1.29 is 4.79 Å². The maximum atomic E-state index is 11.8. The summed E-state index contributed by atoms with van der Waals surface area (Å²) in [5.74, 6) is 0.629. The van der Waals surface area contributed by atoms with Crippen LogP contribution in [-0.2, 0) is 11.3 Å². The Bertz CT molecular complexity index is 592. The first-order valence-electron chi connectivity index (χ1n) is 6.86. The molecule has 1 amide bonds. The summed E-state index contributed by atoms with van der Waals surface area (Å²) in [7, 11) is 0. The second-order valence-electron chi connectivity index (χ2n) is 5.06. The molecule has 0 saturated heterocycles. The molecule has 0 aliphatic carbocycles. The van der Waals surface area contributed by atoms with E-state index in [9.17, 15) is 4.79 Å². The lowest BCUT2D eigenvalue weighted by Gasteiger charge is -2.10. The number of carbonyl (C=O) groups is 1. The van der Waals surface area contributed by atoms with E-state index in [1.54, 1.807) is 16.9 Å². The Morgan fingerprint density at radius 2 is 2.10 bits per heavy atom. The van der Waals surface area contributed by atoms with E-state index in [4.69, 9.17) is 17.3 Å². The van der Waals surface area contributed by atoms with Crippen LogP contribution in [0.3, 0.4) is 0 Å². The monoisotopic (exact) mass is 306 g/mol. The van der Waals surface area contributed by atoms with Crippen molar-refractivity contribution in [3.8, 4) is 0 Å². The van der Waals surface area contributed by atoms with E-state index >= 15 is 0 Å². The van der Waals surface area contributed by atoms with Crippen molar-refractivity contribution in [1.29, 1.82) is 0 Å². The summed E-state index contributed by atoms with van der Waals surface area (Å²) in [4.78, 5) is 11.8.